The molecule has 0 N–H and O–H groups in total. The molecule has 19 heavy (non-hydrogen) atoms. The molecule has 0 aliphatic rings. The molecule has 0 saturated heterocycles. The summed E-state index contributed by atoms with van der Waals surface area (Å²) in [6.07, 6.45) is 2.05. The minimum atomic E-state index is -0.398. The second-order valence-electron chi connectivity index (χ2n) is 4.04. The highest BCUT2D eigenvalue weighted by Gasteiger charge is 2.08. The summed E-state index contributed by atoms with van der Waals surface area (Å²) in [5.74, 6) is 0.632. The number of tetrazole rings is 1. The van der Waals surface area contributed by atoms with Crippen molar-refractivity contribution >= 4 is 11.6 Å². The van der Waals surface area contributed by atoms with E-state index < -0.39 is 5.82 Å². The van der Waals surface area contributed by atoms with Crippen LogP contribution in [-0.4, -0.2) is 20.2 Å². The molecular weight excluding hydrogens is 271 g/mol. The zero-order valence-corrected chi connectivity index (χ0v) is 11.3. The van der Waals surface area contributed by atoms with Crippen LogP contribution in [0.25, 0.3) is 0 Å². The van der Waals surface area contributed by atoms with Gasteiger partial charge in [0.05, 0.1) is 5.02 Å². The lowest BCUT2D eigenvalue weighted by atomic mass is 10.3. The van der Waals surface area contributed by atoms with Gasteiger partial charge in [-0.3, -0.25) is 0 Å². The van der Waals surface area contributed by atoms with Crippen molar-refractivity contribution in [2.24, 2.45) is 0 Å². The molecule has 0 spiro atoms. The Hall–Kier alpha value is -1.69. The number of nitrogens with zero attached hydrogens (tertiary/aromatic N) is 4. The zero-order chi connectivity index (χ0) is 13.7. The van der Waals surface area contributed by atoms with Gasteiger partial charge in [-0.2, -0.15) is 0 Å². The second-order valence-corrected chi connectivity index (χ2v) is 4.44. The maximum atomic E-state index is 12.9. The first-order valence-electron chi connectivity index (χ1n) is 6.03. The summed E-state index contributed by atoms with van der Waals surface area (Å²) in [6.45, 7) is 3.04. The van der Waals surface area contributed by atoms with Crippen LogP contribution in [-0.2, 0) is 13.2 Å². The lowest BCUT2D eigenvalue weighted by molar-refractivity contribution is 0.285. The van der Waals surface area contributed by atoms with Gasteiger partial charge in [0, 0.05) is 6.54 Å². The molecular formula is C12H14ClFN4O. The fourth-order valence-electron chi connectivity index (χ4n) is 1.54. The molecule has 0 fully saturated rings. The molecule has 0 aliphatic carbocycles. The van der Waals surface area contributed by atoms with E-state index in [4.69, 9.17) is 16.3 Å². The Bertz CT molecular complexity index is 546. The Morgan fingerprint density at radius 1 is 1.42 bits per heavy atom. The largest absolute Gasteiger partial charge is 0.484 e. The molecule has 2 rings (SSSR count). The lowest BCUT2D eigenvalue weighted by Gasteiger charge is -2.08. The highest BCUT2D eigenvalue weighted by Crippen LogP contribution is 2.25. The Balaban J connectivity index is 2.00. The number of halogens is 2. The number of benzene rings is 1. The van der Waals surface area contributed by atoms with E-state index in [-0.39, 0.29) is 11.6 Å². The first-order chi connectivity index (χ1) is 9.20. The Kier molecular flexibility index (Phi) is 4.68. The van der Waals surface area contributed by atoms with Crippen LogP contribution in [0.5, 0.6) is 5.75 Å². The number of hydrogen-bond donors (Lipinski definition) is 0. The van der Waals surface area contributed by atoms with Gasteiger partial charge in [-0.15, -0.1) is 5.10 Å². The smallest absolute Gasteiger partial charge is 0.189 e. The summed E-state index contributed by atoms with van der Waals surface area (Å²) in [7, 11) is 0. The number of ether oxygens (including phenoxy) is 1. The van der Waals surface area contributed by atoms with E-state index in [9.17, 15) is 4.39 Å². The third-order valence-electron chi connectivity index (χ3n) is 2.58. The molecule has 0 amide bonds. The maximum absolute atomic E-state index is 12.9. The van der Waals surface area contributed by atoms with Crippen LogP contribution in [0, 0.1) is 5.82 Å². The van der Waals surface area contributed by atoms with Crippen molar-refractivity contribution < 1.29 is 9.13 Å². The molecule has 0 aliphatic heterocycles. The van der Waals surface area contributed by atoms with Gasteiger partial charge in [0.25, 0.3) is 0 Å². The van der Waals surface area contributed by atoms with E-state index in [1.807, 2.05) is 0 Å². The molecule has 2 aromatic rings. The van der Waals surface area contributed by atoms with Gasteiger partial charge < -0.3 is 4.74 Å². The average molecular weight is 285 g/mol. The van der Waals surface area contributed by atoms with Gasteiger partial charge >= 0.3 is 0 Å². The quantitative estimate of drug-likeness (QED) is 0.818. The Labute approximate surface area is 115 Å². The number of hydrogen-bond acceptors (Lipinski definition) is 4. The van der Waals surface area contributed by atoms with Gasteiger partial charge in [0.15, 0.2) is 5.82 Å². The van der Waals surface area contributed by atoms with Crippen molar-refractivity contribution in [3.8, 4) is 5.75 Å². The fraction of sp³-hybridized carbons (Fsp3) is 0.417. The van der Waals surface area contributed by atoms with Crippen LogP contribution in [0.3, 0.4) is 0 Å². The third kappa shape index (κ3) is 3.64. The molecule has 102 valence electrons. The van der Waals surface area contributed by atoms with E-state index >= 15 is 0 Å². The SMILES string of the molecule is CCCCn1nnnc1COc1ccc(F)cc1Cl. The van der Waals surface area contributed by atoms with Gasteiger partial charge in [0.1, 0.15) is 18.2 Å². The molecule has 0 radical (unpaired) electrons. The first kappa shape index (κ1) is 13.7. The van der Waals surface area contributed by atoms with E-state index in [2.05, 4.69) is 22.4 Å². The number of unbranched alkanes of at least 4 members (excludes halogenated alkanes) is 1. The highest BCUT2D eigenvalue weighted by molar-refractivity contribution is 6.32. The topological polar surface area (TPSA) is 52.8 Å². The van der Waals surface area contributed by atoms with Gasteiger partial charge in [0.2, 0.25) is 0 Å². The summed E-state index contributed by atoms with van der Waals surface area (Å²) in [6, 6.07) is 3.98. The second kappa shape index (κ2) is 6.47. The molecule has 1 heterocycles. The summed E-state index contributed by atoms with van der Waals surface area (Å²) in [4.78, 5) is 0. The molecule has 7 heteroatoms. The number of rotatable bonds is 6. The van der Waals surface area contributed by atoms with Crippen molar-refractivity contribution in [1.82, 2.24) is 20.2 Å². The average Bonchev–Trinajstić information content (AvgIpc) is 2.83. The van der Waals surface area contributed by atoms with Gasteiger partial charge in [-0.05, 0) is 35.0 Å². The van der Waals surface area contributed by atoms with E-state index in [0.29, 0.717) is 11.6 Å². The van der Waals surface area contributed by atoms with Crippen molar-refractivity contribution in [3.05, 3.63) is 34.9 Å². The number of aromatic nitrogens is 4. The molecule has 1 aromatic carbocycles. The molecule has 1 aromatic heterocycles. The molecule has 0 saturated carbocycles. The summed E-state index contributed by atoms with van der Waals surface area (Å²) in [5.41, 5.74) is 0. The van der Waals surface area contributed by atoms with Gasteiger partial charge in [-0.1, -0.05) is 24.9 Å². The van der Waals surface area contributed by atoms with Crippen LogP contribution in [0.2, 0.25) is 5.02 Å². The zero-order valence-electron chi connectivity index (χ0n) is 10.5. The molecule has 0 unspecified atom stereocenters. The minimum absolute atomic E-state index is 0.196. The van der Waals surface area contributed by atoms with Crippen molar-refractivity contribution in [2.75, 3.05) is 0 Å². The van der Waals surface area contributed by atoms with Crippen LogP contribution < -0.4 is 4.74 Å². The summed E-state index contributed by atoms with van der Waals surface area (Å²) in [5, 5.41) is 11.6. The Morgan fingerprint density at radius 3 is 3.00 bits per heavy atom. The Morgan fingerprint density at radius 2 is 2.26 bits per heavy atom. The standard InChI is InChI=1S/C12H14ClFN4O/c1-2-3-6-18-12(15-16-17-18)8-19-11-5-4-9(14)7-10(11)13/h4-5,7H,2-3,6,8H2,1H3. The highest BCUT2D eigenvalue weighted by atomic mass is 35.5. The van der Waals surface area contributed by atoms with E-state index in [1.165, 1.54) is 18.2 Å². The first-order valence-corrected chi connectivity index (χ1v) is 6.41. The van der Waals surface area contributed by atoms with Crippen molar-refractivity contribution in [1.29, 1.82) is 0 Å². The lowest BCUT2D eigenvalue weighted by Crippen LogP contribution is -2.09. The monoisotopic (exact) mass is 284 g/mol. The normalized spacial score (nSPS) is 10.7. The predicted molar refractivity (Wildman–Crippen MR) is 68.5 cm³/mol. The molecule has 0 bridgehead atoms. The third-order valence-corrected chi connectivity index (χ3v) is 2.88. The minimum Gasteiger partial charge on any atom is -0.484 e. The van der Waals surface area contributed by atoms with Crippen molar-refractivity contribution in [2.45, 2.75) is 32.9 Å². The van der Waals surface area contributed by atoms with Crippen LogP contribution in [0.1, 0.15) is 25.6 Å². The van der Waals surface area contributed by atoms with Crippen LogP contribution >= 0.6 is 11.6 Å². The number of aryl methyl sites for hydroxylation is 1. The fourth-order valence-corrected chi connectivity index (χ4v) is 1.76. The summed E-state index contributed by atoms with van der Waals surface area (Å²) >= 11 is 5.87. The predicted octanol–water partition coefficient (Wildman–Crippen LogP) is 2.84. The van der Waals surface area contributed by atoms with Gasteiger partial charge in [-0.25, -0.2) is 9.07 Å². The molecule has 0 atom stereocenters. The van der Waals surface area contributed by atoms with Crippen molar-refractivity contribution in [3.63, 3.8) is 0 Å². The van der Waals surface area contributed by atoms with E-state index in [0.717, 1.165) is 19.4 Å². The van der Waals surface area contributed by atoms with Crippen LogP contribution in [0.4, 0.5) is 4.39 Å². The van der Waals surface area contributed by atoms with E-state index in [1.54, 1.807) is 4.68 Å². The summed E-state index contributed by atoms with van der Waals surface area (Å²) < 4.78 is 20.1. The molecule has 5 nitrogen and oxygen atoms in total. The van der Waals surface area contributed by atoms with Crippen LogP contribution in [0.15, 0.2) is 18.2 Å². The maximum Gasteiger partial charge on any atom is 0.189 e.